The Hall–Kier alpha value is -1.77. The molecule has 3 nitrogen and oxygen atoms in total. The summed E-state index contributed by atoms with van der Waals surface area (Å²) in [4.78, 5) is 0. The van der Waals surface area contributed by atoms with Gasteiger partial charge in [0, 0.05) is 24.6 Å². The van der Waals surface area contributed by atoms with Crippen LogP contribution in [0.5, 0.6) is 0 Å². The second kappa shape index (κ2) is 6.12. The van der Waals surface area contributed by atoms with Crippen molar-refractivity contribution in [1.82, 2.24) is 9.78 Å². The van der Waals surface area contributed by atoms with Gasteiger partial charge in [0.05, 0.1) is 5.69 Å². The maximum atomic E-state index is 4.24. The van der Waals surface area contributed by atoms with Crippen LogP contribution in [0.4, 0.5) is 5.69 Å². The highest BCUT2D eigenvalue weighted by Gasteiger charge is 2.18. The molecule has 1 heterocycles. The van der Waals surface area contributed by atoms with Gasteiger partial charge in [0.2, 0.25) is 0 Å². The highest BCUT2D eigenvalue weighted by Crippen LogP contribution is 2.28. The summed E-state index contributed by atoms with van der Waals surface area (Å²) in [5.41, 5.74) is 2.31. The molecule has 2 aromatic rings. The Balaban J connectivity index is 1.56. The fraction of sp³-hybridized carbons (Fsp3) is 0.471. The molecule has 1 aliphatic rings. The van der Waals surface area contributed by atoms with Gasteiger partial charge in [-0.2, -0.15) is 5.10 Å². The molecule has 1 aliphatic carbocycles. The molecule has 3 rings (SSSR count). The molecular formula is C17H23N3. The molecule has 1 fully saturated rings. The molecule has 3 heteroatoms. The van der Waals surface area contributed by atoms with Crippen LogP contribution in [0, 0.1) is 11.8 Å². The number of anilines is 1. The van der Waals surface area contributed by atoms with Crippen LogP contribution in [-0.2, 0) is 0 Å². The van der Waals surface area contributed by atoms with Crippen molar-refractivity contribution in [3.8, 4) is 5.69 Å². The Bertz CT molecular complexity index is 516. The lowest BCUT2D eigenvalue weighted by Crippen LogP contribution is -2.20. The fourth-order valence-corrected chi connectivity index (χ4v) is 3.16. The van der Waals surface area contributed by atoms with Gasteiger partial charge in [-0.3, -0.25) is 0 Å². The van der Waals surface area contributed by atoms with Crippen molar-refractivity contribution in [1.29, 1.82) is 0 Å². The first-order valence-electron chi connectivity index (χ1n) is 7.65. The molecule has 0 amide bonds. The number of benzene rings is 1. The Kier molecular flexibility index (Phi) is 4.05. The van der Waals surface area contributed by atoms with Crippen LogP contribution in [0.3, 0.4) is 0 Å². The SMILES string of the molecule is CC1CCCC(CNc2ccc(-n3cccn3)cc2)C1. The van der Waals surface area contributed by atoms with Crippen molar-refractivity contribution in [3.63, 3.8) is 0 Å². The molecule has 20 heavy (non-hydrogen) atoms. The molecular weight excluding hydrogens is 246 g/mol. The molecule has 0 bridgehead atoms. The van der Waals surface area contributed by atoms with E-state index in [0.29, 0.717) is 0 Å². The zero-order valence-electron chi connectivity index (χ0n) is 12.1. The molecule has 0 radical (unpaired) electrons. The van der Waals surface area contributed by atoms with E-state index >= 15 is 0 Å². The van der Waals surface area contributed by atoms with E-state index in [1.807, 2.05) is 16.9 Å². The van der Waals surface area contributed by atoms with Gasteiger partial charge in [0.25, 0.3) is 0 Å². The average Bonchev–Trinajstić information content (AvgIpc) is 3.00. The first-order chi connectivity index (χ1) is 9.81. The summed E-state index contributed by atoms with van der Waals surface area (Å²) in [6, 6.07) is 10.4. The Morgan fingerprint density at radius 1 is 1.25 bits per heavy atom. The van der Waals surface area contributed by atoms with E-state index < -0.39 is 0 Å². The molecule has 1 aromatic carbocycles. The summed E-state index contributed by atoms with van der Waals surface area (Å²) >= 11 is 0. The second-order valence-electron chi connectivity index (χ2n) is 6.02. The fourth-order valence-electron chi connectivity index (χ4n) is 3.16. The van der Waals surface area contributed by atoms with Gasteiger partial charge in [0.1, 0.15) is 0 Å². The predicted molar refractivity (Wildman–Crippen MR) is 83.2 cm³/mol. The van der Waals surface area contributed by atoms with Crippen molar-refractivity contribution in [2.75, 3.05) is 11.9 Å². The number of hydrogen-bond acceptors (Lipinski definition) is 2. The lowest BCUT2D eigenvalue weighted by Gasteiger charge is -2.27. The summed E-state index contributed by atoms with van der Waals surface area (Å²) in [5.74, 6) is 1.74. The molecule has 106 valence electrons. The normalized spacial score (nSPS) is 22.6. The van der Waals surface area contributed by atoms with E-state index in [9.17, 15) is 0 Å². The summed E-state index contributed by atoms with van der Waals surface area (Å²) in [6.45, 7) is 3.48. The monoisotopic (exact) mass is 269 g/mol. The van der Waals surface area contributed by atoms with Crippen molar-refractivity contribution < 1.29 is 0 Å². The molecule has 1 saturated carbocycles. The van der Waals surface area contributed by atoms with Crippen molar-refractivity contribution in [2.45, 2.75) is 32.6 Å². The van der Waals surface area contributed by atoms with Crippen LogP contribution in [0.1, 0.15) is 32.6 Å². The van der Waals surface area contributed by atoms with Gasteiger partial charge in [-0.05, 0) is 55.0 Å². The number of aromatic nitrogens is 2. The topological polar surface area (TPSA) is 29.9 Å². The summed E-state index contributed by atoms with van der Waals surface area (Å²) < 4.78 is 1.88. The predicted octanol–water partition coefficient (Wildman–Crippen LogP) is 4.11. The zero-order chi connectivity index (χ0) is 13.8. The average molecular weight is 269 g/mol. The van der Waals surface area contributed by atoms with E-state index in [4.69, 9.17) is 0 Å². The van der Waals surface area contributed by atoms with Gasteiger partial charge in [-0.15, -0.1) is 0 Å². The number of nitrogens with one attached hydrogen (secondary N) is 1. The Labute approximate surface area is 121 Å². The molecule has 1 N–H and O–H groups in total. The van der Waals surface area contributed by atoms with Crippen LogP contribution in [0.15, 0.2) is 42.7 Å². The molecule has 0 aliphatic heterocycles. The Morgan fingerprint density at radius 2 is 2.10 bits per heavy atom. The van der Waals surface area contributed by atoms with Crippen LogP contribution in [0.2, 0.25) is 0 Å². The Morgan fingerprint density at radius 3 is 2.80 bits per heavy atom. The molecule has 1 aromatic heterocycles. The zero-order valence-corrected chi connectivity index (χ0v) is 12.1. The third kappa shape index (κ3) is 3.21. The third-order valence-electron chi connectivity index (χ3n) is 4.28. The smallest absolute Gasteiger partial charge is 0.0647 e. The minimum absolute atomic E-state index is 0.838. The number of nitrogens with zero attached hydrogens (tertiary/aromatic N) is 2. The van der Waals surface area contributed by atoms with E-state index in [1.54, 1.807) is 6.20 Å². The van der Waals surface area contributed by atoms with Gasteiger partial charge < -0.3 is 5.32 Å². The molecule has 0 saturated heterocycles. The summed E-state index contributed by atoms with van der Waals surface area (Å²) in [7, 11) is 0. The van der Waals surface area contributed by atoms with E-state index in [2.05, 4.69) is 41.6 Å². The van der Waals surface area contributed by atoms with Gasteiger partial charge in [0.15, 0.2) is 0 Å². The van der Waals surface area contributed by atoms with E-state index in [-0.39, 0.29) is 0 Å². The van der Waals surface area contributed by atoms with E-state index in [1.165, 1.54) is 31.4 Å². The second-order valence-corrected chi connectivity index (χ2v) is 6.02. The van der Waals surface area contributed by atoms with Gasteiger partial charge in [-0.1, -0.05) is 19.8 Å². The largest absolute Gasteiger partial charge is 0.385 e. The molecule has 2 unspecified atom stereocenters. The van der Waals surface area contributed by atoms with Crippen molar-refractivity contribution in [2.24, 2.45) is 11.8 Å². The minimum atomic E-state index is 0.838. The highest BCUT2D eigenvalue weighted by atomic mass is 15.3. The van der Waals surface area contributed by atoms with E-state index in [0.717, 1.165) is 24.1 Å². The summed E-state index contributed by atoms with van der Waals surface area (Å²) in [6.07, 6.45) is 9.32. The maximum absolute atomic E-state index is 4.24. The number of hydrogen-bond donors (Lipinski definition) is 1. The lowest BCUT2D eigenvalue weighted by molar-refractivity contribution is 0.293. The molecule has 2 atom stereocenters. The summed E-state index contributed by atoms with van der Waals surface area (Å²) in [5, 5.41) is 7.82. The number of rotatable bonds is 4. The van der Waals surface area contributed by atoms with Crippen LogP contribution in [0.25, 0.3) is 5.69 Å². The maximum Gasteiger partial charge on any atom is 0.0647 e. The first-order valence-corrected chi connectivity index (χ1v) is 7.65. The van der Waals surface area contributed by atoms with Crippen LogP contribution in [-0.4, -0.2) is 16.3 Å². The highest BCUT2D eigenvalue weighted by molar-refractivity contribution is 5.48. The van der Waals surface area contributed by atoms with Gasteiger partial charge in [-0.25, -0.2) is 4.68 Å². The third-order valence-corrected chi connectivity index (χ3v) is 4.28. The first kappa shape index (κ1) is 13.2. The minimum Gasteiger partial charge on any atom is -0.385 e. The van der Waals surface area contributed by atoms with Crippen molar-refractivity contribution >= 4 is 5.69 Å². The van der Waals surface area contributed by atoms with Crippen LogP contribution < -0.4 is 5.32 Å². The lowest BCUT2D eigenvalue weighted by atomic mass is 9.82. The van der Waals surface area contributed by atoms with Gasteiger partial charge >= 0.3 is 0 Å². The molecule has 0 spiro atoms. The van der Waals surface area contributed by atoms with Crippen molar-refractivity contribution in [3.05, 3.63) is 42.7 Å². The van der Waals surface area contributed by atoms with Crippen LogP contribution >= 0.6 is 0 Å². The standard InChI is InChI=1S/C17H23N3/c1-14-4-2-5-15(12-14)13-18-16-6-8-17(9-7-16)20-11-3-10-19-20/h3,6-11,14-15,18H,2,4-5,12-13H2,1H3. The quantitative estimate of drug-likeness (QED) is 0.905.